The summed E-state index contributed by atoms with van der Waals surface area (Å²) < 4.78 is 31.9. The fraction of sp³-hybridized carbons (Fsp3) is 0.208. The maximum Gasteiger partial charge on any atom is 0.487 e. The van der Waals surface area contributed by atoms with Crippen molar-refractivity contribution >= 4 is 40.0 Å². The van der Waals surface area contributed by atoms with Gasteiger partial charge in [-0.1, -0.05) is 0 Å². The highest BCUT2D eigenvalue weighted by Gasteiger charge is 2.28. The van der Waals surface area contributed by atoms with E-state index >= 15 is 0 Å². The molecule has 1 amide bonds. The SMILES string of the molecule is O=C1CC[C@@H](n2cnc3cc(C(=O)Nc4ccc(OC(F)(F)Cl)cc4)cc(-c4cncnc4)c32)C1. The molecule has 4 aromatic rings. The Kier molecular flexibility index (Phi) is 5.89. The number of carbonyl (C=O) groups is 2. The average Bonchev–Trinajstić information content (AvgIpc) is 3.45. The summed E-state index contributed by atoms with van der Waals surface area (Å²) in [6.07, 6.45) is 8.09. The van der Waals surface area contributed by atoms with E-state index in [1.54, 1.807) is 30.9 Å². The Bertz CT molecular complexity index is 1400. The van der Waals surface area contributed by atoms with Gasteiger partial charge in [-0.15, -0.1) is 8.78 Å². The van der Waals surface area contributed by atoms with E-state index in [0.29, 0.717) is 40.7 Å². The van der Waals surface area contributed by atoms with Gasteiger partial charge in [0.2, 0.25) is 0 Å². The molecule has 5 rings (SSSR count). The quantitative estimate of drug-likeness (QED) is 0.367. The van der Waals surface area contributed by atoms with Crippen LogP contribution in [0.3, 0.4) is 0 Å². The number of Topliss-reactive ketones (excluding diaryl/α,β-unsaturated/α-hetero) is 1. The third-order valence-electron chi connectivity index (χ3n) is 5.76. The second-order valence-electron chi connectivity index (χ2n) is 8.13. The van der Waals surface area contributed by atoms with Crippen molar-refractivity contribution in [2.45, 2.75) is 30.9 Å². The van der Waals surface area contributed by atoms with Gasteiger partial charge in [0.25, 0.3) is 5.91 Å². The van der Waals surface area contributed by atoms with Gasteiger partial charge in [-0.3, -0.25) is 9.59 Å². The highest BCUT2D eigenvalue weighted by Crippen LogP contribution is 2.35. The molecular weight excluding hydrogens is 480 g/mol. The first-order valence-corrected chi connectivity index (χ1v) is 11.1. The molecule has 0 unspecified atom stereocenters. The highest BCUT2D eigenvalue weighted by molar-refractivity contribution is 6.20. The molecule has 0 radical (unpaired) electrons. The van der Waals surface area contributed by atoms with Crippen molar-refractivity contribution in [1.29, 1.82) is 0 Å². The van der Waals surface area contributed by atoms with Gasteiger partial charge in [-0.25, -0.2) is 15.0 Å². The second kappa shape index (κ2) is 9.03. The number of hydrogen-bond donors (Lipinski definition) is 1. The largest absolute Gasteiger partial charge is 0.487 e. The Morgan fingerprint density at radius 1 is 1.17 bits per heavy atom. The molecule has 1 fully saturated rings. The topological polar surface area (TPSA) is 99.0 Å². The molecule has 8 nitrogen and oxygen atoms in total. The lowest BCUT2D eigenvalue weighted by molar-refractivity contribution is -0.117. The number of ether oxygens (including phenoxy) is 1. The van der Waals surface area contributed by atoms with E-state index in [2.05, 4.69) is 25.0 Å². The Hall–Kier alpha value is -3.92. The van der Waals surface area contributed by atoms with Crippen LogP contribution in [0.15, 0.2) is 61.4 Å². The molecule has 0 spiro atoms. The van der Waals surface area contributed by atoms with Gasteiger partial charge in [0.1, 0.15) is 17.9 Å². The predicted molar refractivity (Wildman–Crippen MR) is 124 cm³/mol. The summed E-state index contributed by atoms with van der Waals surface area (Å²) >= 11 is 4.78. The average molecular weight is 498 g/mol. The van der Waals surface area contributed by atoms with Crippen LogP contribution in [0.4, 0.5) is 14.5 Å². The number of halogens is 3. The molecule has 11 heteroatoms. The number of aromatic nitrogens is 4. The number of imidazole rings is 1. The Morgan fingerprint density at radius 3 is 2.57 bits per heavy atom. The zero-order valence-corrected chi connectivity index (χ0v) is 18.9. The number of alkyl halides is 3. The maximum absolute atomic E-state index is 13.1. The van der Waals surface area contributed by atoms with Gasteiger partial charge in [0.05, 0.1) is 17.4 Å². The predicted octanol–water partition coefficient (Wildman–Crippen LogP) is 5.21. The number of ketones is 1. The van der Waals surface area contributed by atoms with Gasteiger partial charge in [-0.05, 0) is 42.8 Å². The minimum absolute atomic E-state index is 0.00310. The van der Waals surface area contributed by atoms with E-state index in [1.165, 1.54) is 30.6 Å². The molecule has 2 heterocycles. The molecule has 0 aliphatic heterocycles. The second-order valence-corrected chi connectivity index (χ2v) is 8.57. The number of nitrogens with zero attached hydrogens (tertiary/aromatic N) is 4. The molecule has 1 atom stereocenters. The number of hydrogen-bond acceptors (Lipinski definition) is 6. The number of nitrogens with one attached hydrogen (secondary N) is 1. The molecule has 1 saturated carbocycles. The Balaban J connectivity index is 1.49. The zero-order valence-electron chi connectivity index (χ0n) is 18.1. The van der Waals surface area contributed by atoms with Crippen LogP contribution in [0.1, 0.15) is 35.7 Å². The van der Waals surface area contributed by atoms with Gasteiger partial charge in [0, 0.05) is 65.3 Å². The van der Waals surface area contributed by atoms with Crippen LogP contribution in [0, 0.1) is 0 Å². The van der Waals surface area contributed by atoms with Crippen molar-refractivity contribution < 1.29 is 23.1 Å². The first-order chi connectivity index (χ1) is 16.8. The zero-order chi connectivity index (χ0) is 24.6. The molecule has 2 aromatic heterocycles. The summed E-state index contributed by atoms with van der Waals surface area (Å²) in [5.41, 5.74) is -0.340. The van der Waals surface area contributed by atoms with Crippen molar-refractivity contribution in [3.8, 4) is 16.9 Å². The number of anilines is 1. The molecular formula is C24H18ClF2N5O3. The van der Waals surface area contributed by atoms with Crippen LogP contribution in [0.25, 0.3) is 22.2 Å². The normalized spacial score (nSPS) is 16.0. The van der Waals surface area contributed by atoms with Crippen LogP contribution < -0.4 is 10.1 Å². The summed E-state index contributed by atoms with van der Waals surface area (Å²) in [7, 11) is 0. The van der Waals surface area contributed by atoms with Gasteiger partial charge in [0.15, 0.2) is 0 Å². The summed E-state index contributed by atoms with van der Waals surface area (Å²) in [5, 5.41) is 2.73. The number of carbonyl (C=O) groups excluding carboxylic acids is 2. The van der Waals surface area contributed by atoms with Gasteiger partial charge < -0.3 is 14.6 Å². The van der Waals surface area contributed by atoms with E-state index in [9.17, 15) is 18.4 Å². The van der Waals surface area contributed by atoms with E-state index < -0.39 is 11.5 Å². The van der Waals surface area contributed by atoms with Crippen molar-refractivity contribution in [3.63, 3.8) is 0 Å². The first kappa shape index (κ1) is 22.9. The van der Waals surface area contributed by atoms with Gasteiger partial charge >= 0.3 is 5.57 Å². The molecule has 0 saturated heterocycles. The van der Waals surface area contributed by atoms with Crippen LogP contribution in [-0.2, 0) is 4.79 Å². The fourth-order valence-electron chi connectivity index (χ4n) is 4.21. The molecule has 2 aromatic carbocycles. The Morgan fingerprint density at radius 2 is 1.91 bits per heavy atom. The smallest absolute Gasteiger partial charge is 0.420 e. The lowest BCUT2D eigenvalue weighted by atomic mass is 10.0. The minimum atomic E-state index is -3.83. The molecule has 35 heavy (non-hydrogen) atoms. The standard InChI is InChI=1S/C24H18ClF2N5O3/c25-24(26,27)35-19-5-1-16(2-6-19)31-23(34)14-7-20(15-10-28-12-29-11-15)22-21(8-14)30-13-32(22)17-3-4-18(33)9-17/h1-2,5-8,10-13,17H,3-4,9H2,(H,31,34)/t17-/m1/s1. The molecule has 178 valence electrons. The number of rotatable bonds is 6. The third-order valence-corrected chi connectivity index (χ3v) is 5.84. The lowest BCUT2D eigenvalue weighted by Crippen LogP contribution is -2.16. The van der Waals surface area contributed by atoms with Crippen LogP contribution in [0.5, 0.6) is 5.75 Å². The molecule has 1 aliphatic carbocycles. The maximum atomic E-state index is 13.1. The van der Waals surface area contributed by atoms with Crippen LogP contribution in [-0.4, -0.2) is 36.8 Å². The summed E-state index contributed by atoms with van der Waals surface area (Å²) in [5.74, 6) is -0.359. The molecule has 1 N–H and O–H groups in total. The van der Waals surface area contributed by atoms with Gasteiger partial charge in [-0.2, -0.15) is 0 Å². The number of fused-ring (bicyclic) bond motifs is 1. The summed E-state index contributed by atoms with van der Waals surface area (Å²) in [6, 6.07) is 8.77. The van der Waals surface area contributed by atoms with Crippen LogP contribution >= 0.6 is 11.6 Å². The molecule has 0 bridgehead atoms. The van der Waals surface area contributed by atoms with Crippen molar-refractivity contribution in [1.82, 2.24) is 19.5 Å². The number of benzene rings is 2. The van der Waals surface area contributed by atoms with Crippen molar-refractivity contribution in [2.75, 3.05) is 5.32 Å². The fourth-order valence-corrected chi connectivity index (χ4v) is 4.30. The minimum Gasteiger partial charge on any atom is -0.420 e. The monoisotopic (exact) mass is 497 g/mol. The van der Waals surface area contributed by atoms with Crippen molar-refractivity contribution in [2.24, 2.45) is 0 Å². The third kappa shape index (κ3) is 4.97. The summed E-state index contributed by atoms with van der Waals surface area (Å²) in [4.78, 5) is 37.7. The van der Waals surface area contributed by atoms with E-state index in [1.807, 2.05) is 4.57 Å². The molecule has 1 aliphatic rings. The van der Waals surface area contributed by atoms with Crippen LogP contribution in [0.2, 0.25) is 0 Å². The Labute approximate surface area is 202 Å². The highest BCUT2D eigenvalue weighted by atomic mass is 35.5. The van der Waals surface area contributed by atoms with E-state index in [0.717, 1.165) is 11.9 Å². The van der Waals surface area contributed by atoms with Crippen molar-refractivity contribution in [3.05, 3.63) is 67.0 Å². The van der Waals surface area contributed by atoms with E-state index in [-0.39, 0.29) is 17.6 Å². The first-order valence-electron chi connectivity index (χ1n) is 10.7. The lowest BCUT2D eigenvalue weighted by Gasteiger charge is -2.15. The van der Waals surface area contributed by atoms with E-state index in [4.69, 9.17) is 11.6 Å². The summed E-state index contributed by atoms with van der Waals surface area (Å²) in [6.45, 7) is 0. The number of amides is 1.